The van der Waals surface area contributed by atoms with Gasteiger partial charge in [0, 0.05) is 22.0 Å². The number of thiophene rings is 1. The molecule has 33 heavy (non-hydrogen) atoms. The van der Waals surface area contributed by atoms with Crippen LogP contribution in [0.4, 0.5) is 26.3 Å². The second kappa shape index (κ2) is 8.29. The van der Waals surface area contributed by atoms with Gasteiger partial charge in [-0.25, -0.2) is 22.9 Å². The summed E-state index contributed by atoms with van der Waals surface area (Å²) in [5.74, 6) is -2.46. The van der Waals surface area contributed by atoms with Crippen molar-refractivity contribution >= 4 is 38.4 Å². The third-order valence-corrected chi connectivity index (χ3v) is 7.25. The van der Waals surface area contributed by atoms with Crippen LogP contribution in [0.1, 0.15) is 19.5 Å². The summed E-state index contributed by atoms with van der Waals surface area (Å²) in [7, 11) is -4.23. The van der Waals surface area contributed by atoms with Gasteiger partial charge in [0.2, 0.25) is 10.0 Å². The number of carbonyl (C=O) groups excluding carboxylic acids is 1. The first-order valence-corrected chi connectivity index (χ1v) is 11.2. The Bertz CT molecular complexity index is 1290. The Morgan fingerprint density at radius 2 is 1.82 bits per heavy atom. The number of halogens is 6. The molecule has 7 nitrogen and oxygen atoms in total. The summed E-state index contributed by atoms with van der Waals surface area (Å²) in [4.78, 5) is 17.3. The van der Waals surface area contributed by atoms with Gasteiger partial charge in [0.05, 0.1) is 6.54 Å². The van der Waals surface area contributed by atoms with E-state index in [9.17, 15) is 39.6 Å². The second-order valence-corrected chi connectivity index (χ2v) is 10.5. The molecule has 0 saturated heterocycles. The molecule has 0 aliphatic heterocycles. The number of aromatic nitrogens is 2. The molecule has 0 saturated carbocycles. The number of ether oxygens (including phenoxy) is 1. The fraction of sp³-hybridized carbons (Fsp3) is 0.333. The maximum Gasteiger partial charge on any atom is 0.490 e. The molecule has 0 aliphatic carbocycles. The summed E-state index contributed by atoms with van der Waals surface area (Å²) in [5.41, 5.74) is -2.56. The second-order valence-electron chi connectivity index (χ2n) is 7.39. The van der Waals surface area contributed by atoms with E-state index in [-0.39, 0.29) is 15.2 Å². The maximum absolute atomic E-state index is 13.0. The van der Waals surface area contributed by atoms with Gasteiger partial charge >= 0.3 is 18.3 Å². The lowest BCUT2D eigenvalue weighted by Crippen LogP contribution is -2.44. The summed E-state index contributed by atoms with van der Waals surface area (Å²) >= 11 is 0.732. The molecule has 0 aromatic carbocycles. The smallest absolute Gasteiger partial charge is 0.452 e. The van der Waals surface area contributed by atoms with E-state index in [0.29, 0.717) is 10.4 Å². The fourth-order valence-electron chi connectivity index (χ4n) is 2.69. The number of pyridine rings is 1. The average molecular weight is 515 g/mol. The van der Waals surface area contributed by atoms with E-state index in [1.54, 1.807) is 0 Å². The molecule has 0 spiro atoms. The molecule has 0 amide bonds. The molecule has 0 bridgehead atoms. The van der Waals surface area contributed by atoms with Crippen LogP contribution in [-0.4, -0.2) is 42.7 Å². The lowest BCUT2D eigenvalue weighted by atomic mass is 10.1. The topological polar surface area (TPSA) is 101 Å². The maximum atomic E-state index is 13.0. The van der Waals surface area contributed by atoms with Crippen molar-refractivity contribution in [2.24, 2.45) is 0 Å². The molecule has 0 atom stereocenters. The Morgan fingerprint density at radius 1 is 1.15 bits per heavy atom. The van der Waals surface area contributed by atoms with Gasteiger partial charge in [-0.15, -0.1) is 11.3 Å². The largest absolute Gasteiger partial charge is 0.490 e. The number of fused-ring (bicyclic) bond motifs is 1. The van der Waals surface area contributed by atoms with E-state index in [1.165, 1.54) is 24.4 Å². The molecule has 0 fully saturated rings. The summed E-state index contributed by atoms with van der Waals surface area (Å²) in [6, 6.07) is 4.86. The van der Waals surface area contributed by atoms with Crippen LogP contribution in [0.5, 0.6) is 0 Å². The lowest BCUT2D eigenvalue weighted by molar-refractivity contribution is -0.210. The molecule has 3 aromatic heterocycles. The van der Waals surface area contributed by atoms with E-state index in [2.05, 4.69) is 19.4 Å². The van der Waals surface area contributed by atoms with E-state index in [1.807, 2.05) is 0 Å². The highest BCUT2D eigenvalue weighted by molar-refractivity contribution is 7.91. The van der Waals surface area contributed by atoms with Crippen molar-refractivity contribution in [1.82, 2.24) is 14.7 Å². The fourth-order valence-corrected chi connectivity index (χ4v) is 5.28. The number of rotatable bonds is 6. The summed E-state index contributed by atoms with van der Waals surface area (Å²) in [6.45, 7) is 1.53. The quantitative estimate of drug-likeness (QED) is 0.373. The normalized spacial score (nSPS) is 13.5. The molecule has 15 heteroatoms. The number of hydrogen-bond acceptors (Lipinski definition) is 6. The van der Waals surface area contributed by atoms with Crippen LogP contribution < -0.4 is 4.72 Å². The first-order valence-electron chi connectivity index (χ1n) is 8.95. The molecule has 180 valence electrons. The lowest BCUT2D eigenvalue weighted by Gasteiger charge is -2.25. The SMILES string of the molecule is CC(C)(CNS(=O)(=O)c1ccc(-c2ccnc3[nH]c(C(F)(F)F)cc23)s1)OC(=O)C(F)(F)F. The van der Waals surface area contributed by atoms with E-state index < -0.39 is 46.2 Å². The summed E-state index contributed by atoms with van der Waals surface area (Å²) in [5, 5.41) is 0.128. The van der Waals surface area contributed by atoms with Crippen molar-refractivity contribution in [3.8, 4) is 10.4 Å². The molecule has 2 N–H and O–H groups in total. The highest BCUT2D eigenvalue weighted by Gasteiger charge is 2.44. The molecule has 0 radical (unpaired) electrons. The Balaban J connectivity index is 1.82. The number of carbonyl (C=O) groups is 1. The minimum Gasteiger partial charge on any atom is -0.452 e. The van der Waals surface area contributed by atoms with Crippen LogP contribution in [0.15, 0.2) is 34.7 Å². The van der Waals surface area contributed by atoms with Crippen LogP contribution in [0.25, 0.3) is 21.5 Å². The van der Waals surface area contributed by atoms with Crippen molar-refractivity contribution < 1.29 is 44.3 Å². The van der Waals surface area contributed by atoms with Crippen molar-refractivity contribution in [3.05, 3.63) is 36.2 Å². The van der Waals surface area contributed by atoms with Gasteiger partial charge in [0.25, 0.3) is 0 Å². The monoisotopic (exact) mass is 515 g/mol. The van der Waals surface area contributed by atoms with Gasteiger partial charge in [0.1, 0.15) is 21.2 Å². The molecular formula is C18H15F6N3O4S2. The number of H-pyrrole nitrogens is 1. The first kappa shape index (κ1) is 25.0. The Hall–Kier alpha value is -2.65. The van der Waals surface area contributed by atoms with Gasteiger partial charge < -0.3 is 9.72 Å². The molecule has 0 aliphatic rings. The molecule has 3 rings (SSSR count). The van der Waals surface area contributed by atoms with Crippen LogP contribution in [-0.2, 0) is 25.7 Å². The molecule has 3 heterocycles. The van der Waals surface area contributed by atoms with E-state index in [4.69, 9.17) is 0 Å². The third-order valence-electron chi connectivity index (χ3n) is 4.24. The third kappa shape index (κ3) is 5.65. The first-order chi connectivity index (χ1) is 15.0. The number of aromatic amines is 1. The van der Waals surface area contributed by atoms with E-state index in [0.717, 1.165) is 31.3 Å². The minimum absolute atomic E-state index is 0.0380. The molecule has 3 aromatic rings. The number of hydrogen-bond donors (Lipinski definition) is 2. The van der Waals surface area contributed by atoms with Crippen molar-refractivity contribution in [1.29, 1.82) is 0 Å². The zero-order chi connectivity index (χ0) is 24.8. The van der Waals surface area contributed by atoms with Crippen LogP contribution in [0, 0.1) is 0 Å². The zero-order valence-electron chi connectivity index (χ0n) is 16.8. The van der Waals surface area contributed by atoms with E-state index >= 15 is 0 Å². The van der Waals surface area contributed by atoms with Crippen molar-refractivity contribution in [2.45, 2.75) is 36.0 Å². The van der Waals surface area contributed by atoms with Crippen LogP contribution in [0.2, 0.25) is 0 Å². The van der Waals surface area contributed by atoms with Gasteiger partial charge in [0.15, 0.2) is 0 Å². The predicted molar refractivity (Wildman–Crippen MR) is 106 cm³/mol. The highest BCUT2D eigenvalue weighted by atomic mass is 32.2. The van der Waals surface area contributed by atoms with Gasteiger partial charge in [-0.1, -0.05) is 0 Å². The number of esters is 1. The Labute approximate surface area is 186 Å². The van der Waals surface area contributed by atoms with Gasteiger partial charge in [-0.3, -0.25) is 0 Å². The number of alkyl halides is 6. The Morgan fingerprint density at radius 3 is 2.42 bits per heavy atom. The van der Waals surface area contributed by atoms with Gasteiger partial charge in [-0.05, 0) is 38.1 Å². The standard InChI is InChI=1S/C18H15F6N3O4S2/c1-16(2,31-15(28)18(22,23)24)8-26-33(29,30)13-4-3-11(32-13)9-5-6-25-14-10(9)7-12(27-14)17(19,20)21/h3-7,26H,8H2,1-2H3,(H,25,27). The highest BCUT2D eigenvalue weighted by Crippen LogP contribution is 2.37. The van der Waals surface area contributed by atoms with Crippen molar-refractivity contribution in [2.75, 3.05) is 6.54 Å². The molecular weight excluding hydrogens is 500 g/mol. The Kier molecular flexibility index (Phi) is 6.27. The number of sulfonamides is 1. The van der Waals surface area contributed by atoms with Crippen LogP contribution in [0.3, 0.4) is 0 Å². The van der Waals surface area contributed by atoms with Gasteiger partial charge in [-0.2, -0.15) is 26.3 Å². The number of nitrogens with one attached hydrogen (secondary N) is 2. The summed E-state index contributed by atoms with van der Waals surface area (Å²) in [6.07, 6.45) is -8.61. The van der Waals surface area contributed by atoms with Crippen LogP contribution >= 0.6 is 11.3 Å². The van der Waals surface area contributed by atoms with Crippen molar-refractivity contribution in [3.63, 3.8) is 0 Å². The molecule has 0 unspecified atom stereocenters. The summed E-state index contributed by atoms with van der Waals surface area (Å²) < 4.78 is 107. The average Bonchev–Trinajstić information content (AvgIpc) is 3.32. The number of nitrogens with zero attached hydrogens (tertiary/aromatic N) is 1. The zero-order valence-corrected chi connectivity index (χ0v) is 18.4. The minimum atomic E-state index is -5.24. The predicted octanol–water partition coefficient (Wildman–Crippen LogP) is 4.47.